The summed E-state index contributed by atoms with van der Waals surface area (Å²) in [7, 11) is 0. The quantitative estimate of drug-likeness (QED) is 0.846. The lowest BCUT2D eigenvalue weighted by molar-refractivity contribution is 0.170. The number of hydrogen-bond acceptors (Lipinski definition) is 3. The van der Waals surface area contributed by atoms with E-state index in [0.717, 1.165) is 11.3 Å². The van der Waals surface area contributed by atoms with Crippen LogP contribution in [0.25, 0.3) is 0 Å². The van der Waals surface area contributed by atoms with E-state index in [9.17, 15) is 5.11 Å². The van der Waals surface area contributed by atoms with Crippen LogP contribution in [0.5, 0.6) is 0 Å². The third-order valence-electron chi connectivity index (χ3n) is 2.93. The number of benzene rings is 1. The number of nitrogens with one attached hydrogen (secondary N) is 1. The van der Waals surface area contributed by atoms with Gasteiger partial charge in [0.05, 0.1) is 11.8 Å². The van der Waals surface area contributed by atoms with Gasteiger partial charge in [-0.2, -0.15) is 0 Å². The standard InChI is InChI=1S/C15H18N2O/c1-12(14-9-5-6-10-16-14)17-11-15(18)13-7-3-2-4-8-13/h2-10,12,15,17-18H,11H2,1H3/t12-,15?/m1/s1. The molecule has 0 radical (unpaired) electrons. The number of hydrogen-bond donors (Lipinski definition) is 2. The Kier molecular flexibility index (Phi) is 4.45. The third kappa shape index (κ3) is 3.39. The largest absolute Gasteiger partial charge is 0.387 e. The molecule has 94 valence electrons. The van der Waals surface area contributed by atoms with Crippen molar-refractivity contribution in [3.63, 3.8) is 0 Å². The van der Waals surface area contributed by atoms with Gasteiger partial charge in [0.15, 0.2) is 0 Å². The van der Waals surface area contributed by atoms with Crippen LogP contribution in [0.3, 0.4) is 0 Å². The van der Waals surface area contributed by atoms with Gasteiger partial charge in [-0.1, -0.05) is 36.4 Å². The van der Waals surface area contributed by atoms with Gasteiger partial charge in [0, 0.05) is 18.8 Å². The first-order valence-corrected chi connectivity index (χ1v) is 6.14. The van der Waals surface area contributed by atoms with Crippen LogP contribution in [-0.2, 0) is 0 Å². The minimum atomic E-state index is -0.489. The van der Waals surface area contributed by atoms with Crippen LogP contribution < -0.4 is 5.32 Å². The van der Waals surface area contributed by atoms with E-state index in [1.54, 1.807) is 6.20 Å². The van der Waals surface area contributed by atoms with Crippen molar-refractivity contribution in [3.05, 3.63) is 66.0 Å². The second-order valence-corrected chi connectivity index (χ2v) is 4.31. The van der Waals surface area contributed by atoms with Crippen LogP contribution in [0.4, 0.5) is 0 Å². The molecule has 0 aliphatic rings. The van der Waals surface area contributed by atoms with E-state index >= 15 is 0 Å². The fraction of sp³-hybridized carbons (Fsp3) is 0.267. The molecule has 0 amide bonds. The van der Waals surface area contributed by atoms with Gasteiger partial charge < -0.3 is 10.4 Å². The first-order chi connectivity index (χ1) is 8.77. The summed E-state index contributed by atoms with van der Waals surface area (Å²) in [6.07, 6.45) is 1.29. The molecular weight excluding hydrogens is 224 g/mol. The first-order valence-electron chi connectivity index (χ1n) is 6.14. The first kappa shape index (κ1) is 12.7. The minimum Gasteiger partial charge on any atom is -0.387 e. The molecule has 0 fully saturated rings. The molecule has 1 unspecified atom stereocenters. The lowest BCUT2D eigenvalue weighted by Crippen LogP contribution is -2.25. The maximum atomic E-state index is 10.0. The lowest BCUT2D eigenvalue weighted by Gasteiger charge is -2.17. The molecule has 1 aromatic carbocycles. The van der Waals surface area contributed by atoms with Crippen LogP contribution >= 0.6 is 0 Å². The van der Waals surface area contributed by atoms with Gasteiger partial charge in [-0.15, -0.1) is 0 Å². The topological polar surface area (TPSA) is 45.1 Å². The Morgan fingerprint density at radius 1 is 1.11 bits per heavy atom. The molecule has 2 atom stereocenters. The molecule has 0 aliphatic heterocycles. The summed E-state index contributed by atoms with van der Waals surface area (Å²) in [6, 6.07) is 15.6. The third-order valence-corrected chi connectivity index (χ3v) is 2.93. The average Bonchev–Trinajstić information content (AvgIpc) is 2.46. The van der Waals surface area contributed by atoms with E-state index in [1.807, 2.05) is 55.5 Å². The van der Waals surface area contributed by atoms with Gasteiger partial charge in [-0.3, -0.25) is 4.98 Å². The van der Waals surface area contributed by atoms with Crippen molar-refractivity contribution in [1.82, 2.24) is 10.3 Å². The average molecular weight is 242 g/mol. The predicted octanol–water partition coefficient (Wildman–Crippen LogP) is 2.47. The van der Waals surface area contributed by atoms with E-state index < -0.39 is 6.10 Å². The summed E-state index contributed by atoms with van der Waals surface area (Å²) in [4.78, 5) is 4.29. The highest BCUT2D eigenvalue weighted by Gasteiger charge is 2.10. The molecule has 1 aromatic heterocycles. The van der Waals surface area contributed by atoms with Gasteiger partial charge in [-0.05, 0) is 24.6 Å². The second-order valence-electron chi connectivity index (χ2n) is 4.31. The Labute approximate surface area is 108 Å². The van der Waals surface area contributed by atoms with Gasteiger partial charge >= 0.3 is 0 Å². The molecular formula is C15H18N2O. The van der Waals surface area contributed by atoms with Crippen molar-refractivity contribution in [3.8, 4) is 0 Å². The molecule has 0 saturated heterocycles. The fourth-order valence-corrected chi connectivity index (χ4v) is 1.82. The van der Waals surface area contributed by atoms with E-state index in [1.165, 1.54) is 0 Å². The van der Waals surface area contributed by atoms with Gasteiger partial charge in [0.25, 0.3) is 0 Å². The fourth-order valence-electron chi connectivity index (χ4n) is 1.82. The predicted molar refractivity (Wildman–Crippen MR) is 72.1 cm³/mol. The summed E-state index contributed by atoms with van der Waals surface area (Å²) in [6.45, 7) is 2.56. The number of pyridine rings is 1. The van der Waals surface area contributed by atoms with Crippen molar-refractivity contribution in [1.29, 1.82) is 0 Å². The smallest absolute Gasteiger partial charge is 0.0914 e. The zero-order chi connectivity index (χ0) is 12.8. The number of nitrogens with zero attached hydrogens (tertiary/aromatic N) is 1. The lowest BCUT2D eigenvalue weighted by atomic mass is 10.1. The zero-order valence-electron chi connectivity index (χ0n) is 10.5. The number of aromatic nitrogens is 1. The zero-order valence-corrected chi connectivity index (χ0v) is 10.5. The molecule has 0 aliphatic carbocycles. The highest BCUT2D eigenvalue weighted by Crippen LogP contribution is 2.13. The van der Waals surface area contributed by atoms with Crippen molar-refractivity contribution in [2.75, 3.05) is 6.54 Å². The summed E-state index contributed by atoms with van der Waals surface area (Å²) in [5.41, 5.74) is 1.91. The normalized spacial score (nSPS) is 14.1. The Bertz CT molecular complexity index is 413. The monoisotopic (exact) mass is 242 g/mol. The van der Waals surface area contributed by atoms with Crippen LogP contribution in [-0.4, -0.2) is 16.6 Å². The maximum Gasteiger partial charge on any atom is 0.0914 e. The molecule has 1 heterocycles. The highest BCUT2D eigenvalue weighted by molar-refractivity contribution is 5.17. The van der Waals surface area contributed by atoms with Crippen LogP contribution in [0.1, 0.15) is 30.3 Å². The summed E-state index contributed by atoms with van der Waals surface area (Å²) < 4.78 is 0. The second kappa shape index (κ2) is 6.28. The van der Waals surface area contributed by atoms with E-state index in [2.05, 4.69) is 10.3 Å². The van der Waals surface area contributed by atoms with Gasteiger partial charge in [0.2, 0.25) is 0 Å². The summed E-state index contributed by atoms with van der Waals surface area (Å²) >= 11 is 0. The SMILES string of the molecule is C[C@@H](NCC(O)c1ccccc1)c1ccccn1. The molecule has 0 spiro atoms. The van der Waals surface area contributed by atoms with Gasteiger partial charge in [0.1, 0.15) is 0 Å². The summed E-state index contributed by atoms with van der Waals surface area (Å²) in [5.74, 6) is 0. The Morgan fingerprint density at radius 3 is 2.50 bits per heavy atom. The minimum absolute atomic E-state index is 0.129. The highest BCUT2D eigenvalue weighted by atomic mass is 16.3. The Morgan fingerprint density at radius 2 is 1.83 bits per heavy atom. The van der Waals surface area contributed by atoms with Crippen LogP contribution in [0.2, 0.25) is 0 Å². The molecule has 0 saturated carbocycles. The molecule has 2 aromatic rings. The van der Waals surface area contributed by atoms with E-state index in [0.29, 0.717) is 6.54 Å². The van der Waals surface area contributed by atoms with E-state index in [4.69, 9.17) is 0 Å². The van der Waals surface area contributed by atoms with Crippen LogP contribution in [0, 0.1) is 0 Å². The molecule has 0 bridgehead atoms. The van der Waals surface area contributed by atoms with Crippen molar-refractivity contribution in [2.45, 2.75) is 19.1 Å². The van der Waals surface area contributed by atoms with Crippen molar-refractivity contribution in [2.24, 2.45) is 0 Å². The number of rotatable bonds is 5. The molecule has 3 heteroatoms. The Balaban J connectivity index is 1.89. The molecule has 18 heavy (non-hydrogen) atoms. The maximum absolute atomic E-state index is 10.0. The number of aliphatic hydroxyl groups excluding tert-OH is 1. The molecule has 2 N–H and O–H groups in total. The molecule has 3 nitrogen and oxygen atoms in total. The van der Waals surface area contributed by atoms with Crippen molar-refractivity contribution < 1.29 is 5.11 Å². The van der Waals surface area contributed by atoms with Crippen LogP contribution in [0.15, 0.2) is 54.7 Å². The number of aliphatic hydroxyl groups is 1. The summed E-state index contributed by atoms with van der Waals surface area (Å²) in [5, 5.41) is 13.3. The van der Waals surface area contributed by atoms with Crippen molar-refractivity contribution >= 4 is 0 Å². The van der Waals surface area contributed by atoms with Gasteiger partial charge in [-0.25, -0.2) is 0 Å². The van der Waals surface area contributed by atoms with E-state index in [-0.39, 0.29) is 6.04 Å². The Hall–Kier alpha value is -1.71. The molecule has 2 rings (SSSR count).